The number of amides is 1. The highest BCUT2D eigenvalue weighted by Crippen LogP contribution is 2.29. The number of fused-ring (bicyclic) bond motifs is 1. The normalized spacial score (nSPS) is 28.2. The smallest absolute Gasteiger partial charge is 0.209 e. The van der Waals surface area contributed by atoms with Gasteiger partial charge in [0.2, 0.25) is 6.41 Å². The molecule has 2 unspecified atom stereocenters. The lowest BCUT2D eigenvalue weighted by Gasteiger charge is -2.34. The Hall–Kier alpha value is -0.570. The van der Waals surface area contributed by atoms with E-state index in [1.165, 1.54) is 19.4 Å². The largest absolute Gasteiger partial charge is 0.342 e. The Labute approximate surface area is 101 Å². The molecule has 0 radical (unpaired) electrons. The second-order valence-electron chi connectivity index (χ2n) is 4.01. The van der Waals surface area contributed by atoms with Gasteiger partial charge in [-0.1, -0.05) is 27.7 Å². The Morgan fingerprint density at radius 3 is 2.25 bits per heavy atom. The van der Waals surface area contributed by atoms with E-state index in [-0.39, 0.29) is 0 Å². The van der Waals surface area contributed by atoms with Crippen LogP contribution in [-0.2, 0) is 4.79 Å². The third-order valence-electron chi connectivity index (χ3n) is 3.22. The van der Waals surface area contributed by atoms with Gasteiger partial charge >= 0.3 is 0 Å². The summed E-state index contributed by atoms with van der Waals surface area (Å²) in [5.74, 6) is 0.744. The summed E-state index contributed by atoms with van der Waals surface area (Å²) >= 11 is 0. The van der Waals surface area contributed by atoms with Crippen molar-refractivity contribution >= 4 is 6.41 Å². The lowest BCUT2D eigenvalue weighted by Crippen LogP contribution is -2.43. The van der Waals surface area contributed by atoms with Crippen molar-refractivity contribution in [1.29, 1.82) is 0 Å². The van der Waals surface area contributed by atoms with Crippen molar-refractivity contribution in [3.05, 3.63) is 0 Å². The Kier molecular flexibility index (Phi) is 8.26. The molecule has 0 spiro atoms. The molecule has 1 amide bonds. The van der Waals surface area contributed by atoms with Crippen LogP contribution in [0.1, 0.15) is 40.5 Å². The van der Waals surface area contributed by atoms with E-state index in [0.29, 0.717) is 6.04 Å². The Morgan fingerprint density at radius 2 is 1.69 bits per heavy atom. The quantitative estimate of drug-likeness (QED) is 0.643. The number of carbonyl (C=O) groups excluding carboxylic acids is 1. The first kappa shape index (κ1) is 15.4. The minimum Gasteiger partial charge on any atom is -0.342 e. The van der Waals surface area contributed by atoms with Crippen LogP contribution in [0.15, 0.2) is 0 Å². The monoisotopic (exact) mass is 228 g/mol. The number of hydrogen-bond acceptors (Lipinski definition) is 2. The third kappa shape index (κ3) is 3.78. The lowest BCUT2D eigenvalue weighted by atomic mass is 9.93. The molecule has 0 aliphatic carbocycles. The van der Waals surface area contributed by atoms with Crippen molar-refractivity contribution < 1.29 is 4.79 Å². The van der Waals surface area contributed by atoms with Gasteiger partial charge in [-0.05, 0) is 32.4 Å². The molecule has 2 rings (SSSR count). The summed E-state index contributed by atoms with van der Waals surface area (Å²) in [5, 5.41) is 0. The molecule has 0 aromatic carbocycles. The predicted octanol–water partition coefficient (Wildman–Crippen LogP) is 2.22. The number of piperidine rings is 1. The predicted molar refractivity (Wildman–Crippen MR) is 69.5 cm³/mol. The van der Waals surface area contributed by atoms with E-state index in [2.05, 4.69) is 11.9 Å². The fraction of sp³-hybridized carbons (Fsp3) is 0.923. The fourth-order valence-corrected chi connectivity index (χ4v) is 2.53. The summed E-state index contributed by atoms with van der Waals surface area (Å²) in [5.41, 5.74) is 0. The molecule has 2 atom stereocenters. The van der Waals surface area contributed by atoms with Crippen LogP contribution in [0.3, 0.4) is 0 Å². The molecule has 2 heterocycles. The number of likely N-dealkylation sites (tertiary alicyclic amines) is 2. The van der Waals surface area contributed by atoms with Gasteiger partial charge in [-0.3, -0.25) is 4.79 Å². The van der Waals surface area contributed by atoms with Crippen LogP contribution < -0.4 is 0 Å². The van der Waals surface area contributed by atoms with Gasteiger partial charge in [-0.15, -0.1) is 0 Å². The molecule has 2 saturated heterocycles. The maximum absolute atomic E-state index is 10.7. The molecule has 0 bridgehead atoms. The van der Waals surface area contributed by atoms with Crippen molar-refractivity contribution in [2.45, 2.75) is 46.6 Å². The van der Waals surface area contributed by atoms with E-state index in [4.69, 9.17) is 0 Å². The average Bonchev–Trinajstić information content (AvgIpc) is 2.76. The van der Waals surface area contributed by atoms with Crippen molar-refractivity contribution in [3.8, 4) is 0 Å². The Bertz CT molecular complexity index is 185. The molecule has 16 heavy (non-hydrogen) atoms. The van der Waals surface area contributed by atoms with Gasteiger partial charge < -0.3 is 9.80 Å². The van der Waals surface area contributed by atoms with E-state index in [1.807, 2.05) is 32.6 Å². The van der Waals surface area contributed by atoms with Crippen LogP contribution in [0, 0.1) is 5.92 Å². The van der Waals surface area contributed by atoms with Gasteiger partial charge in [0.1, 0.15) is 0 Å². The van der Waals surface area contributed by atoms with Gasteiger partial charge in [-0.25, -0.2) is 0 Å². The third-order valence-corrected chi connectivity index (χ3v) is 3.22. The molecular formula is C13H28N2O. The van der Waals surface area contributed by atoms with E-state index in [0.717, 1.165) is 25.4 Å². The van der Waals surface area contributed by atoms with Crippen molar-refractivity contribution in [2.24, 2.45) is 5.92 Å². The summed E-state index contributed by atoms with van der Waals surface area (Å²) < 4.78 is 0. The molecule has 3 nitrogen and oxygen atoms in total. The van der Waals surface area contributed by atoms with Gasteiger partial charge in [0.15, 0.2) is 0 Å². The summed E-state index contributed by atoms with van der Waals surface area (Å²) in [6.07, 6.45) is 3.39. The number of carbonyl (C=O) groups is 1. The minimum absolute atomic E-state index is 0.554. The van der Waals surface area contributed by atoms with Gasteiger partial charge in [0.25, 0.3) is 0 Å². The van der Waals surface area contributed by atoms with Gasteiger partial charge in [0, 0.05) is 19.1 Å². The summed E-state index contributed by atoms with van der Waals surface area (Å²) in [6, 6.07) is 0.554. The lowest BCUT2D eigenvalue weighted by molar-refractivity contribution is -0.119. The molecule has 0 saturated carbocycles. The van der Waals surface area contributed by atoms with Crippen molar-refractivity contribution in [3.63, 3.8) is 0 Å². The van der Waals surface area contributed by atoms with E-state index in [9.17, 15) is 4.79 Å². The molecule has 2 aliphatic heterocycles. The van der Waals surface area contributed by atoms with Crippen LogP contribution in [-0.4, -0.2) is 48.9 Å². The van der Waals surface area contributed by atoms with Crippen LogP contribution in [0.2, 0.25) is 0 Å². The van der Waals surface area contributed by atoms with E-state index in [1.54, 1.807) is 0 Å². The summed E-state index contributed by atoms with van der Waals surface area (Å²) in [6.45, 7) is 11.3. The van der Waals surface area contributed by atoms with Crippen molar-refractivity contribution in [1.82, 2.24) is 9.80 Å². The highest BCUT2D eigenvalue weighted by Gasteiger charge is 2.36. The molecule has 96 valence electrons. The zero-order valence-corrected chi connectivity index (χ0v) is 11.6. The average molecular weight is 228 g/mol. The molecule has 0 aromatic heterocycles. The second-order valence-corrected chi connectivity index (χ2v) is 4.01. The topological polar surface area (TPSA) is 23.6 Å². The minimum atomic E-state index is 0.554. The van der Waals surface area contributed by atoms with Gasteiger partial charge in [-0.2, -0.15) is 0 Å². The SMILES string of the molecule is CC.CC.CN1CCC2C(CCN2C=O)C1. The molecular weight excluding hydrogens is 200 g/mol. The van der Waals surface area contributed by atoms with Crippen LogP contribution >= 0.6 is 0 Å². The number of rotatable bonds is 1. The van der Waals surface area contributed by atoms with E-state index >= 15 is 0 Å². The highest BCUT2D eigenvalue weighted by molar-refractivity contribution is 5.48. The maximum Gasteiger partial charge on any atom is 0.209 e. The Morgan fingerprint density at radius 1 is 1.06 bits per heavy atom. The zero-order chi connectivity index (χ0) is 12.6. The van der Waals surface area contributed by atoms with Crippen LogP contribution in [0.25, 0.3) is 0 Å². The standard InChI is InChI=1S/C9H16N2O.2C2H6/c1-10-4-3-9-8(6-10)2-5-11(9)7-12;2*1-2/h7-9H,2-6H2,1H3;2*1-2H3. The molecule has 2 fully saturated rings. The summed E-state index contributed by atoms with van der Waals surface area (Å²) in [4.78, 5) is 15.0. The molecule has 3 heteroatoms. The first-order valence-electron chi connectivity index (χ1n) is 6.71. The van der Waals surface area contributed by atoms with Gasteiger partial charge in [0.05, 0.1) is 0 Å². The van der Waals surface area contributed by atoms with Crippen LogP contribution in [0.5, 0.6) is 0 Å². The highest BCUT2D eigenvalue weighted by atomic mass is 16.1. The summed E-state index contributed by atoms with van der Waals surface area (Å²) in [7, 11) is 2.17. The second kappa shape index (κ2) is 8.57. The van der Waals surface area contributed by atoms with Crippen LogP contribution in [0.4, 0.5) is 0 Å². The van der Waals surface area contributed by atoms with Crippen molar-refractivity contribution in [2.75, 3.05) is 26.7 Å². The fourth-order valence-electron chi connectivity index (χ4n) is 2.53. The Balaban J connectivity index is 0.000000509. The molecule has 0 N–H and O–H groups in total. The number of nitrogens with zero attached hydrogens (tertiary/aromatic N) is 2. The first-order chi connectivity index (χ1) is 7.81. The number of hydrogen-bond donors (Lipinski definition) is 0. The zero-order valence-electron chi connectivity index (χ0n) is 11.6. The van der Waals surface area contributed by atoms with E-state index < -0.39 is 0 Å². The first-order valence-corrected chi connectivity index (χ1v) is 6.71. The molecule has 2 aliphatic rings. The molecule has 0 aromatic rings. The maximum atomic E-state index is 10.7.